The Bertz CT molecular complexity index is 803. The SMILES string of the molecule is Cc1cnc([C@H](NC(=O)NCc2cn3ccsc3n2)C2CC2)s1. The van der Waals surface area contributed by atoms with Gasteiger partial charge in [0.05, 0.1) is 18.3 Å². The van der Waals surface area contributed by atoms with Gasteiger partial charge in [0, 0.05) is 28.8 Å². The van der Waals surface area contributed by atoms with Gasteiger partial charge < -0.3 is 10.6 Å². The highest BCUT2D eigenvalue weighted by Gasteiger charge is 2.35. The van der Waals surface area contributed by atoms with Crippen LogP contribution in [-0.4, -0.2) is 20.4 Å². The molecule has 120 valence electrons. The molecule has 1 saturated carbocycles. The summed E-state index contributed by atoms with van der Waals surface area (Å²) in [5, 5.41) is 8.96. The maximum atomic E-state index is 12.2. The van der Waals surface area contributed by atoms with Gasteiger partial charge in [0.1, 0.15) is 5.01 Å². The molecule has 1 atom stereocenters. The first-order valence-corrected chi connectivity index (χ1v) is 9.26. The molecule has 2 amide bonds. The Morgan fingerprint density at radius 1 is 1.52 bits per heavy atom. The fourth-order valence-corrected chi connectivity index (χ4v) is 4.19. The molecule has 0 aliphatic heterocycles. The van der Waals surface area contributed by atoms with E-state index in [-0.39, 0.29) is 12.1 Å². The van der Waals surface area contributed by atoms with E-state index in [0.717, 1.165) is 28.5 Å². The molecule has 6 nitrogen and oxygen atoms in total. The highest BCUT2D eigenvalue weighted by Crippen LogP contribution is 2.41. The number of urea groups is 1. The van der Waals surface area contributed by atoms with E-state index < -0.39 is 0 Å². The van der Waals surface area contributed by atoms with Gasteiger partial charge in [0.2, 0.25) is 0 Å². The van der Waals surface area contributed by atoms with Gasteiger partial charge in [-0.3, -0.25) is 4.40 Å². The first-order valence-electron chi connectivity index (χ1n) is 7.57. The topological polar surface area (TPSA) is 71.3 Å². The lowest BCUT2D eigenvalue weighted by molar-refractivity contribution is 0.235. The number of hydrogen-bond acceptors (Lipinski definition) is 5. The molecule has 1 fully saturated rings. The number of aryl methyl sites for hydroxylation is 1. The van der Waals surface area contributed by atoms with E-state index in [4.69, 9.17) is 0 Å². The zero-order valence-electron chi connectivity index (χ0n) is 12.7. The number of nitrogens with zero attached hydrogens (tertiary/aromatic N) is 3. The molecule has 4 rings (SSSR count). The largest absolute Gasteiger partial charge is 0.332 e. The van der Waals surface area contributed by atoms with Crippen molar-refractivity contribution in [3.8, 4) is 0 Å². The van der Waals surface area contributed by atoms with Crippen LogP contribution in [-0.2, 0) is 6.54 Å². The van der Waals surface area contributed by atoms with Gasteiger partial charge in [-0.2, -0.15) is 0 Å². The Hall–Kier alpha value is -1.93. The fourth-order valence-electron chi connectivity index (χ4n) is 2.55. The summed E-state index contributed by atoms with van der Waals surface area (Å²) in [5.41, 5.74) is 0.861. The van der Waals surface area contributed by atoms with Crippen LogP contribution in [0.2, 0.25) is 0 Å². The predicted octanol–water partition coefficient (Wildman–Crippen LogP) is 3.11. The van der Waals surface area contributed by atoms with Gasteiger partial charge >= 0.3 is 6.03 Å². The molecule has 0 bridgehead atoms. The number of amides is 2. The Labute approximate surface area is 141 Å². The van der Waals surface area contributed by atoms with E-state index in [1.54, 1.807) is 22.7 Å². The first-order chi connectivity index (χ1) is 11.2. The Morgan fingerprint density at radius 2 is 2.39 bits per heavy atom. The number of carbonyl (C=O) groups is 1. The van der Waals surface area contributed by atoms with Crippen LogP contribution in [0, 0.1) is 12.8 Å². The van der Waals surface area contributed by atoms with Crippen molar-refractivity contribution in [3.63, 3.8) is 0 Å². The number of nitrogens with one attached hydrogen (secondary N) is 2. The van der Waals surface area contributed by atoms with Crippen LogP contribution in [0.15, 0.2) is 24.0 Å². The van der Waals surface area contributed by atoms with E-state index in [0.29, 0.717) is 12.5 Å². The second-order valence-corrected chi connectivity index (χ2v) is 7.92. The van der Waals surface area contributed by atoms with Crippen LogP contribution >= 0.6 is 22.7 Å². The summed E-state index contributed by atoms with van der Waals surface area (Å²) >= 11 is 3.24. The fraction of sp³-hybridized carbons (Fsp3) is 0.400. The number of imidazole rings is 1. The van der Waals surface area contributed by atoms with Crippen molar-refractivity contribution in [2.24, 2.45) is 5.92 Å². The molecule has 8 heteroatoms. The third kappa shape index (κ3) is 3.23. The van der Waals surface area contributed by atoms with Crippen LogP contribution in [0.4, 0.5) is 4.79 Å². The molecular formula is C15H17N5OS2. The van der Waals surface area contributed by atoms with Crippen molar-refractivity contribution >= 4 is 33.7 Å². The number of thiazole rings is 2. The molecule has 1 aliphatic rings. The molecule has 1 aliphatic carbocycles. The highest BCUT2D eigenvalue weighted by atomic mass is 32.1. The summed E-state index contributed by atoms with van der Waals surface area (Å²) in [4.78, 5) is 23.2. The van der Waals surface area contributed by atoms with Crippen molar-refractivity contribution in [1.82, 2.24) is 25.0 Å². The molecule has 0 aromatic carbocycles. The molecule has 0 spiro atoms. The van der Waals surface area contributed by atoms with Crippen LogP contribution < -0.4 is 10.6 Å². The molecule has 3 aromatic rings. The second-order valence-electron chi connectivity index (χ2n) is 5.78. The Balaban J connectivity index is 1.37. The summed E-state index contributed by atoms with van der Waals surface area (Å²) in [7, 11) is 0. The molecule has 0 radical (unpaired) electrons. The zero-order valence-corrected chi connectivity index (χ0v) is 14.3. The zero-order chi connectivity index (χ0) is 15.8. The molecular weight excluding hydrogens is 330 g/mol. The predicted molar refractivity (Wildman–Crippen MR) is 90.8 cm³/mol. The molecule has 2 N–H and O–H groups in total. The minimum absolute atomic E-state index is 0.0270. The van der Waals surface area contributed by atoms with Crippen molar-refractivity contribution in [2.45, 2.75) is 32.4 Å². The third-order valence-electron chi connectivity index (χ3n) is 3.86. The monoisotopic (exact) mass is 347 g/mol. The number of carbonyl (C=O) groups excluding carboxylic acids is 1. The number of aromatic nitrogens is 3. The van der Waals surface area contributed by atoms with E-state index in [1.807, 2.05) is 35.3 Å². The summed E-state index contributed by atoms with van der Waals surface area (Å²) < 4.78 is 1.96. The lowest BCUT2D eigenvalue weighted by atomic mass is 10.2. The normalized spacial score (nSPS) is 15.7. The highest BCUT2D eigenvalue weighted by molar-refractivity contribution is 7.15. The van der Waals surface area contributed by atoms with Crippen LogP contribution in [0.1, 0.15) is 34.5 Å². The average molecular weight is 347 g/mol. The van der Waals surface area contributed by atoms with Crippen molar-refractivity contribution in [2.75, 3.05) is 0 Å². The summed E-state index contributed by atoms with van der Waals surface area (Å²) in [6.07, 6.45) is 8.08. The summed E-state index contributed by atoms with van der Waals surface area (Å²) in [6.45, 7) is 2.46. The van der Waals surface area contributed by atoms with Crippen molar-refractivity contribution in [1.29, 1.82) is 0 Å². The summed E-state index contributed by atoms with van der Waals surface area (Å²) in [6, 6.07) is -0.134. The standard InChI is InChI=1S/C15H17N5OS2/c1-9-6-16-13(23-9)12(10-2-3-10)19-14(21)17-7-11-8-20-4-5-22-15(20)18-11/h4-6,8,10,12H,2-3,7H2,1H3,(H2,17,19,21)/t12-/m1/s1. The minimum Gasteiger partial charge on any atom is -0.332 e. The average Bonchev–Trinajstić information content (AvgIpc) is 2.92. The molecule has 3 aromatic heterocycles. The molecule has 0 unspecified atom stereocenters. The molecule has 0 saturated heterocycles. The van der Waals surface area contributed by atoms with Crippen LogP contribution in [0.25, 0.3) is 4.96 Å². The van der Waals surface area contributed by atoms with Gasteiger partial charge in [0.25, 0.3) is 0 Å². The van der Waals surface area contributed by atoms with Gasteiger partial charge in [-0.25, -0.2) is 14.8 Å². The Kier molecular flexibility index (Phi) is 3.78. The molecule has 3 heterocycles. The third-order valence-corrected chi connectivity index (χ3v) is 5.63. The van der Waals surface area contributed by atoms with Gasteiger partial charge in [-0.05, 0) is 25.7 Å². The van der Waals surface area contributed by atoms with Gasteiger partial charge in [0.15, 0.2) is 4.96 Å². The van der Waals surface area contributed by atoms with Crippen molar-refractivity contribution < 1.29 is 4.79 Å². The van der Waals surface area contributed by atoms with Crippen molar-refractivity contribution in [3.05, 3.63) is 39.5 Å². The first kappa shape index (κ1) is 14.6. The maximum Gasteiger partial charge on any atom is 0.315 e. The van der Waals surface area contributed by atoms with Crippen LogP contribution in [0.5, 0.6) is 0 Å². The van der Waals surface area contributed by atoms with Gasteiger partial charge in [-0.1, -0.05) is 0 Å². The quantitative estimate of drug-likeness (QED) is 0.745. The molecule has 23 heavy (non-hydrogen) atoms. The van der Waals surface area contributed by atoms with E-state index in [2.05, 4.69) is 20.6 Å². The van der Waals surface area contributed by atoms with E-state index in [9.17, 15) is 4.79 Å². The summed E-state index contributed by atoms with van der Waals surface area (Å²) in [5.74, 6) is 0.518. The number of fused-ring (bicyclic) bond motifs is 1. The number of hydrogen-bond donors (Lipinski definition) is 2. The second kappa shape index (κ2) is 5.93. The van der Waals surface area contributed by atoms with Crippen LogP contribution in [0.3, 0.4) is 0 Å². The maximum absolute atomic E-state index is 12.2. The van der Waals surface area contributed by atoms with E-state index in [1.165, 1.54) is 4.88 Å². The Morgan fingerprint density at radius 3 is 3.09 bits per heavy atom. The lowest BCUT2D eigenvalue weighted by Crippen LogP contribution is -2.38. The lowest BCUT2D eigenvalue weighted by Gasteiger charge is -2.16. The minimum atomic E-state index is -0.161. The smallest absolute Gasteiger partial charge is 0.315 e. The number of rotatable bonds is 5. The van der Waals surface area contributed by atoms with E-state index >= 15 is 0 Å². The van der Waals surface area contributed by atoms with Gasteiger partial charge in [-0.15, -0.1) is 22.7 Å².